The van der Waals surface area contributed by atoms with Gasteiger partial charge in [-0.3, -0.25) is 9.48 Å². The number of nitrogens with zero attached hydrogens (tertiary/aromatic N) is 3. The van der Waals surface area contributed by atoms with E-state index < -0.39 is 0 Å². The molecule has 4 rings (SSSR count). The molecule has 1 amide bonds. The average Bonchev–Trinajstić information content (AvgIpc) is 3.49. The molecule has 182 valence electrons. The smallest absolute Gasteiger partial charge is 0.289 e. The van der Waals surface area contributed by atoms with Gasteiger partial charge in [-0.2, -0.15) is 5.10 Å². The molecule has 2 aromatic carbocycles. The maximum atomic E-state index is 12.8. The van der Waals surface area contributed by atoms with Crippen LogP contribution in [0.2, 0.25) is 5.02 Å². The summed E-state index contributed by atoms with van der Waals surface area (Å²) in [6.45, 7) is 7.63. The first-order chi connectivity index (χ1) is 16.8. The summed E-state index contributed by atoms with van der Waals surface area (Å²) in [5, 5.41) is 4.93. The van der Waals surface area contributed by atoms with Crippen molar-refractivity contribution in [3.63, 3.8) is 0 Å². The first kappa shape index (κ1) is 24.6. The molecule has 0 spiro atoms. The Morgan fingerprint density at radius 3 is 2.40 bits per heavy atom. The summed E-state index contributed by atoms with van der Waals surface area (Å²) in [7, 11) is 1.70. The Kier molecular flexibility index (Phi) is 7.31. The second-order valence-corrected chi connectivity index (χ2v) is 9.42. The number of amides is 1. The third kappa shape index (κ3) is 5.60. The van der Waals surface area contributed by atoms with Crippen molar-refractivity contribution >= 4 is 17.5 Å². The zero-order chi connectivity index (χ0) is 25.0. The van der Waals surface area contributed by atoms with Crippen molar-refractivity contribution < 1.29 is 13.9 Å². The van der Waals surface area contributed by atoms with Crippen LogP contribution >= 0.6 is 11.6 Å². The molecular weight excluding hydrogens is 462 g/mol. The Hall–Kier alpha value is -3.51. The molecule has 0 saturated carbocycles. The molecule has 0 bridgehead atoms. The van der Waals surface area contributed by atoms with E-state index >= 15 is 0 Å². The fourth-order valence-electron chi connectivity index (χ4n) is 3.90. The topological polar surface area (TPSA) is 60.5 Å². The van der Waals surface area contributed by atoms with Gasteiger partial charge in [0.2, 0.25) is 0 Å². The highest BCUT2D eigenvalue weighted by Gasteiger charge is 2.23. The lowest BCUT2D eigenvalue weighted by molar-refractivity contribution is 0.0747. The first-order valence-electron chi connectivity index (χ1n) is 11.6. The van der Waals surface area contributed by atoms with Gasteiger partial charge in [-0.1, -0.05) is 67.9 Å². The molecule has 0 atom stereocenters. The highest BCUT2D eigenvalue weighted by atomic mass is 35.5. The minimum Gasteiger partial charge on any atom is -0.486 e. The predicted molar refractivity (Wildman–Crippen MR) is 137 cm³/mol. The van der Waals surface area contributed by atoms with Crippen molar-refractivity contribution in [3.8, 4) is 5.75 Å². The number of carbonyl (C=O) groups excluding carboxylic acids is 1. The third-order valence-corrected chi connectivity index (χ3v) is 6.49. The normalized spacial score (nSPS) is 11.5. The van der Waals surface area contributed by atoms with E-state index in [1.165, 1.54) is 16.0 Å². The summed E-state index contributed by atoms with van der Waals surface area (Å²) in [6.07, 6.45) is 1.76. The molecule has 4 aromatic rings. The Balaban J connectivity index is 1.35. The summed E-state index contributed by atoms with van der Waals surface area (Å²) in [5.74, 6) is 1.31. The minimum absolute atomic E-state index is 0.110. The van der Waals surface area contributed by atoms with Gasteiger partial charge < -0.3 is 14.1 Å². The number of carbonyl (C=O) groups is 1. The molecule has 0 saturated heterocycles. The molecule has 0 aliphatic heterocycles. The summed E-state index contributed by atoms with van der Waals surface area (Å²) in [4.78, 5) is 14.3. The fourth-order valence-corrected chi connectivity index (χ4v) is 4.12. The molecule has 2 heterocycles. The molecule has 0 radical (unpaired) electrons. The van der Waals surface area contributed by atoms with Crippen LogP contribution in [0.4, 0.5) is 0 Å². The van der Waals surface area contributed by atoms with Crippen LogP contribution in [0.1, 0.15) is 53.9 Å². The predicted octanol–water partition coefficient (Wildman–Crippen LogP) is 6.33. The second kappa shape index (κ2) is 10.4. The Bertz CT molecular complexity index is 1280. The fraction of sp³-hybridized carbons (Fsp3) is 0.286. The van der Waals surface area contributed by atoms with Crippen molar-refractivity contribution in [2.75, 3.05) is 7.05 Å². The lowest BCUT2D eigenvalue weighted by atomic mass is 9.78. The van der Waals surface area contributed by atoms with Crippen LogP contribution < -0.4 is 4.74 Å². The van der Waals surface area contributed by atoms with E-state index in [0.717, 1.165) is 5.75 Å². The SMILES string of the molecule is CCn1cc(Cl)c(CN(C)C(=O)c2ccc(COc3ccc(C(C)(C)c4ccccc4)cc3)o2)n1. The van der Waals surface area contributed by atoms with Gasteiger partial charge >= 0.3 is 0 Å². The van der Waals surface area contributed by atoms with Crippen molar-refractivity contribution in [2.45, 2.75) is 45.9 Å². The number of ether oxygens (including phenoxy) is 1. The number of hydrogen-bond acceptors (Lipinski definition) is 4. The van der Waals surface area contributed by atoms with E-state index in [1.54, 1.807) is 30.1 Å². The van der Waals surface area contributed by atoms with E-state index in [0.29, 0.717) is 29.6 Å². The van der Waals surface area contributed by atoms with Gasteiger partial charge in [0.25, 0.3) is 5.91 Å². The zero-order valence-electron chi connectivity index (χ0n) is 20.5. The molecule has 0 aliphatic rings. The van der Waals surface area contributed by atoms with E-state index in [-0.39, 0.29) is 23.7 Å². The maximum absolute atomic E-state index is 12.8. The molecule has 35 heavy (non-hydrogen) atoms. The number of aryl methyl sites for hydroxylation is 1. The van der Waals surface area contributed by atoms with E-state index in [4.69, 9.17) is 20.8 Å². The molecule has 0 aliphatic carbocycles. The van der Waals surface area contributed by atoms with Crippen molar-refractivity contribution in [3.05, 3.63) is 106 Å². The van der Waals surface area contributed by atoms with Crippen LogP contribution in [0.3, 0.4) is 0 Å². The lowest BCUT2D eigenvalue weighted by Gasteiger charge is -2.26. The van der Waals surface area contributed by atoms with Gasteiger partial charge in [0, 0.05) is 25.2 Å². The van der Waals surface area contributed by atoms with Crippen LogP contribution in [-0.2, 0) is 25.1 Å². The number of hydrogen-bond donors (Lipinski definition) is 0. The van der Waals surface area contributed by atoms with Crippen LogP contribution in [-0.4, -0.2) is 27.6 Å². The van der Waals surface area contributed by atoms with E-state index in [1.807, 2.05) is 25.1 Å². The van der Waals surface area contributed by atoms with Gasteiger partial charge in [0.15, 0.2) is 5.76 Å². The Morgan fingerprint density at radius 1 is 1.06 bits per heavy atom. The zero-order valence-corrected chi connectivity index (χ0v) is 21.2. The summed E-state index contributed by atoms with van der Waals surface area (Å²) in [6, 6.07) is 21.9. The van der Waals surface area contributed by atoms with Crippen molar-refractivity contribution in [1.29, 1.82) is 0 Å². The number of aromatic nitrogens is 2. The van der Waals surface area contributed by atoms with Crippen LogP contribution in [0.15, 0.2) is 77.3 Å². The quantitative estimate of drug-likeness (QED) is 0.274. The molecular formula is C28H30ClN3O3. The van der Waals surface area contributed by atoms with Crippen molar-refractivity contribution in [1.82, 2.24) is 14.7 Å². The minimum atomic E-state index is -0.245. The molecule has 0 unspecified atom stereocenters. The van der Waals surface area contributed by atoms with Crippen LogP contribution in [0.5, 0.6) is 5.75 Å². The molecule has 0 N–H and O–H groups in total. The monoisotopic (exact) mass is 491 g/mol. The van der Waals surface area contributed by atoms with Gasteiger partial charge in [0.1, 0.15) is 23.8 Å². The van der Waals surface area contributed by atoms with Crippen LogP contribution in [0.25, 0.3) is 0 Å². The second-order valence-electron chi connectivity index (χ2n) is 9.01. The van der Waals surface area contributed by atoms with Crippen molar-refractivity contribution in [2.24, 2.45) is 0 Å². The standard InChI is InChI=1S/C28H30ClN3O3/c1-5-32-17-24(29)25(30-32)18-31(4)27(33)26-16-15-23(35-26)19-34-22-13-11-21(12-14-22)28(2,3)20-9-7-6-8-10-20/h6-17H,5,18-19H2,1-4H3. The van der Waals surface area contributed by atoms with E-state index in [2.05, 4.69) is 55.3 Å². The third-order valence-electron chi connectivity index (χ3n) is 6.17. The maximum Gasteiger partial charge on any atom is 0.289 e. The largest absolute Gasteiger partial charge is 0.486 e. The molecule has 0 fully saturated rings. The molecule has 2 aromatic heterocycles. The summed E-state index contributed by atoms with van der Waals surface area (Å²) >= 11 is 6.23. The average molecular weight is 492 g/mol. The van der Waals surface area contributed by atoms with Gasteiger partial charge in [-0.15, -0.1) is 0 Å². The van der Waals surface area contributed by atoms with Gasteiger partial charge in [0.05, 0.1) is 11.6 Å². The Morgan fingerprint density at radius 2 is 1.74 bits per heavy atom. The number of rotatable bonds is 9. The van der Waals surface area contributed by atoms with Gasteiger partial charge in [-0.25, -0.2) is 0 Å². The number of halogens is 1. The summed E-state index contributed by atoms with van der Waals surface area (Å²) < 4.78 is 13.4. The number of benzene rings is 2. The first-order valence-corrected chi connectivity index (χ1v) is 12.0. The Labute approximate surface area is 211 Å². The highest BCUT2D eigenvalue weighted by molar-refractivity contribution is 6.31. The van der Waals surface area contributed by atoms with Gasteiger partial charge in [-0.05, 0) is 42.3 Å². The molecule has 6 nitrogen and oxygen atoms in total. The summed E-state index contributed by atoms with van der Waals surface area (Å²) in [5.41, 5.74) is 3.00. The van der Waals surface area contributed by atoms with E-state index in [9.17, 15) is 4.79 Å². The van der Waals surface area contributed by atoms with Crippen LogP contribution in [0, 0.1) is 0 Å². The lowest BCUT2D eigenvalue weighted by Crippen LogP contribution is -2.26. The number of furan rings is 1. The molecule has 7 heteroatoms. The highest BCUT2D eigenvalue weighted by Crippen LogP contribution is 2.32.